The number of hydrogen-bond acceptors (Lipinski definition) is 5. The average Bonchev–Trinajstić information content (AvgIpc) is 3.35. The Kier molecular flexibility index (Phi) is 58.0. The lowest BCUT2D eigenvalue weighted by atomic mass is 10.0. The maximum absolute atomic E-state index is 12.5. The summed E-state index contributed by atoms with van der Waals surface area (Å²) in [6.07, 6.45) is 71.1. The highest BCUT2D eigenvalue weighted by Gasteiger charge is 2.18. The topological polar surface area (TPSA) is 95.9 Å². The van der Waals surface area contributed by atoms with Gasteiger partial charge in [0.05, 0.1) is 25.4 Å². The van der Waals surface area contributed by atoms with Crippen LogP contribution in [0.3, 0.4) is 0 Å². The molecule has 2 atom stereocenters. The van der Waals surface area contributed by atoms with E-state index in [1.54, 1.807) is 6.08 Å². The van der Waals surface area contributed by atoms with Crippen molar-refractivity contribution in [3.05, 3.63) is 12.2 Å². The molecule has 0 aromatic carbocycles. The van der Waals surface area contributed by atoms with E-state index < -0.39 is 12.1 Å². The Balaban J connectivity index is 3.39. The molecule has 6 heteroatoms. The van der Waals surface area contributed by atoms with Gasteiger partial charge in [-0.3, -0.25) is 9.59 Å². The fraction of sp³-hybridized carbons (Fsp3) is 0.937. The number of nitrogens with one attached hydrogen (secondary N) is 1. The van der Waals surface area contributed by atoms with Gasteiger partial charge in [-0.1, -0.05) is 321 Å². The van der Waals surface area contributed by atoms with E-state index in [9.17, 15) is 19.8 Å². The van der Waals surface area contributed by atoms with Crippen molar-refractivity contribution in [2.75, 3.05) is 13.2 Å². The standard InChI is InChI=1S/C63H123NO5/c1-3-5-7-9-11-13-15-16-17-26-29-32-36-39-43-47-51-55-61(66)60(59-65)64-62(67)56-52-48-44-40-37-33-30-27-24-22-20-18-19-21-23-25-28-31-34-38-42-46-50-54-58-69-63(68)57-53-49-45-41-35-14-12-10-8-6-4-2/h51,55,60-61,65-66H,3-50,52-54,56-59H2,1-2H3,(H,64,67)/b55-51+. The van der Waals surface area contributed by atoms with E-state index in [1.165, 1.54) is 289 Å². The largest absolute Gasteiger partial charge is 0.466 e. The van der Waals surface area contributed by atoms with Crippen LogP contribution in [-0.2, 0) is 14.3 Å². The number of ether oxygens (including phenoxy) is 1. The summed E-state index contributed by atoms with van der Waals surface area (Å²) in [6, 6.07) is -0.626. The number of aliphatic hydroxyl groups is 2. The summed E-state index contributed by atoms with van der Waals surface area (Å²) in [7, 11) is 0. The first-order valence-electron chi connectivity index (χ1n) is 31.5. The van der Waals surface area contributed by atoms with Gasteiger partial charge in [0.15, 0.2) is 0 Å². The van der Waals surface area contributed by atoms with Crippen LogP contribution in [0.1, 0.15) is 354 Å². The normalized spacial score (nSPS) is 12.6. The minimum atomic E-state index is -0.843. The molecule has 3 N–H and O–H groups in total. The number of esters is 1. The molecule has 0 aromatic rings. The molecule has 0 saturated carbocycles. The van der Waals surface area contributed by atoms with Crippen molar-refractivity contribution in [2.24, 2.45) is 0 Å². The molecule has 2 unspecified atom stereocenters. The molecule has 1 amide bonds. The van der Waals surface area contributed by atoms with Crippen LogP contribution in [0.15, 0.2) is 12.2 Å². The number of rotatable bonds is 59. The first-order valence-corrected chi connectivity index (χ1v) is 31.5. The van der Waals surface area contributed by atoms with Gasteiger partial charge < -0.3 is 20.3 Å². The molecule has 0 heterocycles. The summed E-state index contributed by atoms with van der Waals surface area (Å²) >= 11 is 0. The van der Waals surface area contributed by atoms with Crippen LogP contribution >= 0.6 is 0 Å². The van der Waals surface area contributed by atoms with Crippen molar-refractivity contribution in [3.63, 3.8) is 0 Å². The van der Waals surface area contributed by atoms with Gasteiger partial charge in [0.25, 0.3) is 0 Å². The van der Waals surface area contributed by atoms with E-state index in [4.69, 9.17) is 4.74 Å². The lowest BCUT2D eigenvalue weighted by molar-refractivity contribution is -0.143. The van der Waals surface area contributed by atoms with Crippen LogP contribution < -0.4 is 5.32 Å². The number of allylic oxidation sites excluding steroid dienone is 1. The van der Waals surface area contributed by atoms with E-state index in [0.29, 0.717) is 19.4 Å². The Morgan fingerprint density at radius 1 is 0.391 bits per heavy atom. The molecule has 0 rings (SSSR count). The highest BCUT2D eigenvalue weighted by atomic mass is 16.5. The third-order valence-electron chi connectivity index (χ3n) is 14.8. The lowest BCUT2D eigenvalue weighted by Gasteiger charge is -2.20. The SMILES string of the molecule is CCCCCCCCCCCCCCCCC/C=C/C(O)C(CO)NC(=O)CCCCCCCCCCCCCCCCCCCCCCCCCCOC(=O)CCCCCCCCCCCCC. The minimum Gasteiger partial charge on any atom is -0.466 e. The summed E-state index contributed by atoms with van der Waals surface area (Å²) in [4.78, 5) is 24.5. The number of carbonyl (C=O) groups excluding carboxylic acids is 2. The third-order valence-corrected chi connectivity index (χ3v) is 14.8. The van der Waals surface area contributed by atoms with Crippen LogP contribution in [0.5, 0.6) is 0 Å². The molecule has 0 aliphatic carbocycles. The highest BCUT2D eigenvalue weighted by molar-refractivity contribution is 5.76. The maximum Gasteiger partial charge on any atom is 0.305 e. The molecule has 0 aliphatic heterocycles. The third kappa shape index (κ3) is 55.8. The molecule has 0 fully saturated rings. The zero-order valence-electron chi connectivity index (χ0n) is 46.8. The summed E-state index contributed by atoms with van der Waals surface area (Å²) < 4.78 is 5.47. The van der Waals surface area contributed by atoms with Crippen LogP contribution in [0, 0.1) is 0 Å². The van der Waals surface area contributed by atoms with E-state index >= 15 is 0 Å². The van der Waals surface area contributed by atoms with Crippen LogP contribution in [0.4, 0.5) is 0 Å². The zero-order chi connectivity index (χ0) is 50.0. The molecule has 410 valence electrons. The number of amides is 1. The molecule has 6 nitrogen and oxygen atoms in total. The van der Waals surface area contributed by atoms with Crippen molar-refractivity contribution in [3.8, 4) is 0 Å². The number of hydrogen-bond donors (Lipinski definition) is 3. The van der Waals surface area contributed by atoms with Crippen molar-refractivity contribution in [1.82, 2.24) is 5.32 Å². The Hall–Kier alpha value is -1.40. The second-order valence-corrected chi connectivity index (χ2v) is 21.8. The number of aliphatic hydroxyl groups excluding tert-OH is 2. The van der Waals surface area contributed by atoms with Crippen LogP contribution in [0.25, 0.3) is 0 Å². The molecular formula is C63H123NO5. The van der Waals surface area contributed by atoms with Gasteiger partial charge in [-0.05, 0) is 32.1 Å². The van der Waals surface area contributed by atoms with E-state index in [0.717, 1.165) is 38.5 Å². The fourth-order valence-electron chi connectivity index (χ4n) is 9.99. The quantitative estimate of drug-likeness (QED) is 0.0321. The highest BCUT2D eigenvalue weighted by Crippen LogP contribution is 2.18. The Morgan fingerprint density at radius 2 is 0.667 bits per heavy atom. The zero-order valence-corrected chi connectivity index (χ0v) is 46.8. The summed E-state index contributed by atoms with van der Waals surface area (Å²) in [5.41, 5.74) is 0. The number of carbonyl (C=O) groups is 2. The first kappa shape index (κ1) is 67.6. The van der Waals surface area contributed by atoms with Gasteiger partial charge in [0.1, 0.15) is 0 Å². The summed E-state index contributed by atoms with van der Waals surface area (Å²) in [6.45, 7) is 4.93. The van der Waals surface area contributed by atoms with Gasteiger partial charge >= 0.3 is 5.97 Å². The Labute approximate surface area is 431 Å². The van der Waals surface area contributed by atoms with Crippen molar-refractivity contribution < 1.29 is 24.5 Å². The van der Waals surface area contributed by atoms with Crippen LogP contribution in [0.2, 0.25) is 0 Å². The molecule has 69 heavy (non-hydrogen) atoms. The average molecular weight is 975 g/mol. The second-order valence-electron chi connectivity index (χ2n) is 21.8. The summed E-state index contributed by atoms with van der Waals surface area (Å²) in [5, 5.41) is 23.2. The van der Waals surface area contributed by atoms with Crippen molar-refractivity contribution >= 4 is 11.9 Å². The molecule has 0 aromatic heterocycles. The first-order chi connectivity index (χ1) is 34.0. The Bertz CT molecular complexity index is 1030. The van der Waals surface area contributed by atoms with E-state index in [1.807, 2.05) is 6.08 Å². The monoisotopic (exact) mass is 974 g/mol. The molecule has 0 bridgehead atoms. The van der Waals surface area contributed by atoms with Gasteiger partial charge in [-0.25, -0.2) is 0 Å². The molecular weight excluding hydrogens is 851 g/mol. The van der Waals surface area contributed by atoms with Gasteiger partial charge in [0, 0.05) is 12.8 Å². The van der Waals surface area contributed by atoms with Gasteiger partial charge in [-0.2, -0.15) is 0 Å². The molecule has 0 saturated heterocycles. The minimum absolute atomic E-state index is 0.0153. The van der Waals surface area contributed by atoms with Gasteiger partial charge in [-0.15, -0.1) is 0 Å². The molecule has 0 spiro atoms. The van der Waals surface area contributed by atoms with Crippen LogP contribution in [-0.4, -0.2) is 47.4 Å². The number of unbranched alkanes of at least 4 members (excludes halogenated alkanes) is 48. The van der Waals surface area contributed by atoms with Crippen molar-refractivity contribution in [1.29, 1.82) is 0 Å². The van der Waals surface area contributed by atoms with Gasteiger partial charge in [0.2, 0.25) is 5.91 Å². The Morgan fingerprint density at radius 3 is 0.986 bits per heavy atom. The van der Waals surface area contributed by atoms with E-state index in [2.05, 4.69) is 19.2 Å². The fourth-order valence-corrected chi connectivity index (χ4v) is 9.99. The van der Waals surface area contributed by atoms with E-state index in [-0.39, 0.29) is 18.5 Å². The predicted octanol–water partition coefficient (Wildman–Crippen LogP) is 19.6. The molecule has 0 radical (unpaired) electrons. The smallest absolute Gasteiger partial charge is 0.305 e. The second kappa shape index (κ2) is 59.2. The summed E-state index contributed by atoms with van der Waals surface area (Å²) in [5.74, 6) is -0.0486. The lowest BCUT2D eigenvalue weighted by Crippen LogP contribution is -2.45. The predicted molar refractivity (Wildman–Crippen MR) is 301 cm³/mol. The van der Waals surface area contributed by atoms with Crippen molar-refractivity contribution in [2.45, 2.75) is 366 Å². The molecule has 0 aliphatic rings. The maximum atomic E-state index is 12.5.